The molecule has 0 radical (unpaired) electrons. The fraction of sp³-hybridized carbons (Fsp3) is 0.294. The number of carbonyl (C=O) groups is 2. The third-order valence-corrected chi connectivity index (χ3v) is 3.44. The van der Waals surface area contributed by atoms with Crippen molar-refractivity contribution in [2.75, 3.05) is 13.2 Å². The summed E-state index contributed by atoms with van der Waals surface area (Å²) >= 11 is 0. The van der Waals surface area contributed by atoms with Gasteiger partial charge in [-0.2, -0.15) is 5.26 Å². The first-order valence-corrected chi connectivity index (χ1v) is 7.67. The van der Waals surface area contributed by atoms with Crippen molar-refractivity contribution in [2.45, 2.75) is 19.8 Å². The highest BCUT2D eigenvalue weighted by Crippen LogP contribution is 2.32. The first-order valence-electron chi connectivity index (χ1n) is 7.67. The molecule has 0 spiro atoms. The maximum Gasteiger partial charge on any atom is 0.322 e. The Balaban J connectivity index is 2.43. The first kappa shape index (κ1) is 18.0. The van der Waals surface area contributed by atoms with Crippen LogP contribution in [-0.2, 0) is 4.79 Å². The van der Waals surface area contributed by atoms with Crippen molar-refractivity contribution in [3.8, 4) is 17.6 Å². The molecule has 0 atom stereocenters. The fourth-order valence-electron chi connectivity index (χ4n) is 2.19. The number of hydrogen-bond donors (Lipinski definition) is 3. The molecule has 8 nitrogen and oxygen atoms in total. The quantitative estimate of drug-likeness (QED) is 0.653. The van der Waals surface area contributed by atoms with E-state index in [0.717, 1.165) is 12.8 Å². The van der Waals surface area contributed by atoms with Crippen LogP contribution in [0.1, 0.15) is 35.9 Å². The van der Waals surface area contributed by atoms with Crippen molar-refractivity contribution in [2.24, 2.45) is 0 Å². The molecule has 2 rings (SSSR count). The summed E-state index contributed by atoms with van der Waals surface area (Å²) in [7, 11) is 0. The minimum Gasteiger partial charge on any atom is -0.505 e. The largest absolute Gasteiger partial charge is 0.505 e. The molecule has 1 aromatic heterocycles. The van der Waals surface area contributed by atoms with Gasteiger partial charge >= 0.3 is 5.97 Å². The first-order chi connectivity index (χ1) is 12.0. The van der Waals surface area contributed by atoms with Gasteiger partial charge in [-0.25, -0.2) is 4.98 Å². The predicted molar refractivity (Wildman–Crippen MR) is 88.5 cm³/mol. The molecule has 0 saturated heterocycles. The van der Waals surface area contributed by atoms with Crippen LogP contribution in [0.3, 0.4) is 0 Å². The molecular formula is C17H17N3O5. The molecule has 0 unspecified atom stereocenters. The predicted octanol–water partition coefficient (Wildman–Crippen LogP) is 1.81. The number of ether oxygens (including phenoxy) is 1. The number of nitriles is 1. The van der Waals surface area contributed by atoms with E-state index in [4.69, 9.17) is 9.84 Å². The Bertz CT molecular complexity index is 857. The summed E-state index contributed by atoms with van der Waals surface area (Å²) in [5, 5.41) is 30.9. The topological polar surface area (TPSA) is 133 Å². The maximum absolute atomic E-state index is 12.0. The summed E-state index contributed by atoms with van der Waals surface area (Å²) in [6.45, 7) is 1.94. The van der Waals surface area contributed by atoms with Crippen LogP contribution in [0.15, 0.2) is 18.2 Å². The van der Waals surface area contributed by atoms with Crippen molar-refractivity contribution >= 4 is 22.6 Å². The summed E-state index contributed by atoms with van der Waals surface area (Å²) in [4.78, 5) is 26.4. The molecule has 1 aromatic carbocycles. The number of carboxylic acid groups (broad SMARTS) is 1. The summed E-state index contributed by atoms with van der Waals surface area (Å²) in [5.41, 5.74) is -0.459. The molecule has 3 N–H and O–H groups in total. The van der Waals surface area contributed by atoms with Gasteiger partial charge in [0.25, 0.3) is 5.91 Å². The van der Waals surface area contributed by atoms with Crippen molar-refractivity contribution in [1.82, 2.24) is 10.3 Å². The van der Waals surface area contributed by atoms with Crippen LogP contribution in [0.25, 0.3) is 10.8 Å². The van der Waals surface area contributed by atoms with Gasteiger partial charge in [-0.3, -0.25) is 9.59 Å². The molecule has 1 heterocycles. The zero-order valence-electron chi connectivity index (χ0n) is 13.6. The zero-order valence-corrected chi connectivity index (χ0v) is 13.6. The Morgan fingerprint density at radius 1 is 1.36 bits per heavy atom. The highest BCUT2D eigenvalue weighted by atomic mass is 16.5. The number of fused-ring (bicyclic) bond motifs is 1. The van der Waals surface area contributed by atoms with E-state index in [1.54, 1.807) is 12.1 Å². The van der Waals surface area contributed by atoms with Crippen LogP contribution in [-0.4, -0.2) is 40.2 Å². The van der Waals surface area contributed by atoms with Gasteiger partial charge < -0.3 is 20.3 Å². The Hall–Kier alpha value is -3.34. The third kappa shape index (κ3) is 4.14. The van der Waals surface area contributed by atoms with Crippen LogP contribution in [0.5, 0.6) is 11.5 Å². The Morgan fingerprint density at radius 2 is 2.12 bits per heavy atom. The number of benzene rings is 1. The maximum atomic E-state index is 12.0. The Kier molecular flexibility index (Phi) is 5.74. The molecule has 0 fully saturated rings. The molecule has 0 saturated carbocycles. The molecule has 25 heavy (non-hydrogen) atoms. The average molecular weight is 343 g/mol. The Morgan fingerprint density at radius 3 is 2.76 bits per heavy atom. The van der Waals surface area contributed by atoms with Gasteiger partial charge in [0.05, 0.1) is 6.61 Å². The van der Waals surface area contributed by atoms with E-state index in [0.29, 0.717) is 17.7 Å². The number of carboxylic acids is 1. The van der Waals surface area contributed by atoms with Crippen LogP contribution < -0.4 is 10.1 Å². The second-order valence-electron chi connectivity index (χ2n) is 5.26. The lowest BCUT2D eigenvalue weighted by atomic mass is 10.1. The van der Waals surface area contributed by atoms with Gasteiger partial charge in [-0.1, -0.05) is 13.3 Å². The van der Waals surface area contributed by atoms with Crippen molar-refractivity contribution in [1.29, 1.82) is 5.26 Å². The second-order valence-corrected chi connectivity index (χ2v) is 5.26. The van der Waals surface area contributed by atoms with Gasteiger partial charge in [0.1, 0.15) is 24.1 Å². The summed E-state index contributed by atoms with van der Waals surface area (Å²) in [6, 6.07) is 6.61. The van der Waals surface area contributed by atoms with Crippen LogP contribution in [0, 0.1) is 11.3 Å². The third-order valence-electron chi connectivity index (χ3n) is 3.44. The number of amides is 1. The monoisotopic (exact) mass is 343 g/mol. The average Bonchev–Trinajstić information content (AvgIpc) is 2.60. The lowest BCUT2D eigenvalue weighted by molar-refractivity contribution is -0.135. The smallest absolute Gasteiger partial charge is 0.322 e. The van der Waals surface area contributed by atoms with E-state index >= 15 is 0 Å². The SMILES string of the molecule is CCCCOc1ccc2c(O)c(C(=O)NCC(=O)O)nc(C#N)c2c1. The van der Waals surface area contributed by atoms with Crippen LogP contribution >= 0.6 is 0 Å². The zero-order chi connectivity index (χ0) is 18.4. The summed E-state index contributed by atoms with van der Waals surface area (Å²) in [6.07, 6.45) is 1.86. The number of carbonyl (C=O) groups excluding carboxylic acids is 1. The second kappa shape index (κ2) is 7.97. The Labute approximate surface area is 143 Å². The number of hydrogen-bond acceptors (Lipinski definition) is 6. The molecule has 2 aromatic rings. The van der Waals surface area contributed by atoms with E-state index in [9.17, 15) is 20.0 Å². The lowest BCUT2D eigenvalue weighted by Crippen LogP contribution is -2.30. The molecule has 8 heteroatoms. The number of aromatic nitrogens is 1. The standard InChI is InChI=1S/C17H17N3O5/c1-2-3-6-25-10-4-5-11-12(7-10)13(8-18)20-15(16(11)23)17(24)19-9-14(21)22/h4-5,7,23H,2-3,6,9H2,1H3,(H,19,24)(H,21,22). The highest BCUT2D eigenvalue weighted by molar-refractivity contribution is 6.03. The van der Waals surface area contributed by atoms with E-state index in [1.807, 2.05) is 13.0 Å². The van der Waals surface area contributed by atoms with Crippen molar-refractivity contribution in [3.63, 3.8) is 0 Å². The number of nitrogens with one attached hydrogen (secondary N) is 1. The number of nitrogens with zero attached hydrogens (tertiary/aromatic N) is 2. The van der Waals surface area contributed by atoms with E-state index in [1.165, 1.54) is 6.07 Å². The number of aromatic hydroxyl groups is 1. The minimum atomic E-state index is -1.23. The molecule has 0 aliphatic carbocycles. The van der Waals surface area contributed by atoms with Gasteiger partial charge in [0, 0.05) is 10.8 Å². The molecule has 0 bridgehead atoms. The number of aliphatic carboxylic acids is 1. The van der Waals surface area contributed by atoms with E-state index < -0.39 is 29.9 Å². The number of unbranched alkanes of at least 4 members (excludes halogenated alkanes) is 1. The van der Waals surface area contributed by atoms with Gasteiger partial charge in [-0.15, -0.1) is 0 Å². The molecular weight excluding hydrogens is 326 g/mol. The van der Waals surface area contributed by atoms with Crippen LogP contribution in [0.4, 0.5) is 0 Å². The molecule has 130 valence electrons. The van der Waals surface area contributed by atoms with Crippen molar-refractivity contribution in [3.05, 3.63) is 29.6 Å². The van der Waals surface area contributed by atoms with E-state index in [-0.39, 0.29) is 11.1 Å². The van der Waals surface area contributed by atoms with Crippen LogP contribution in [0.2, 0.25) is 0 Å². The fourth-order valence-corrected chi connectivity index (χ4v) is 2.19. The highest BCUT2D eigenvalue weighted by Gasteiger charge is 2.20. The van der Waals surface area contributed by atoms with Gasteiger partial charge in [-0.05, 0) is 24.6 Å². The van der Waals surface area contributed by atoms with Gasteiger partial charge in [0.2, 0.25) is 0 Å². The normalized spacial score (nSPS) is 10.2. The minimum absolute atomic E-state index is 0.0609. The van der Waals surface area contributed by atoms with E-state index in [2.05, 4.69) is 10.3 Å². The lowest BCUT2D eigenvalue weighted by Gasteiger charge is -2.11. The summed E-state index contributed by atoms with van der Waals surface area (Å²) in [5.74, 6) is -2.00. The van der Waals surface area contributed by atoms with Gasteiger partial charge in [0.15, 0.2) is 11.4 Å². The number of rotatable bonds is 7. The molecule has 0 aliphatic heterocycles. The van der Waals surface area contributed by atoms with Crippen molar-refractivity contribution < 1.29 is 24.5 Å². The number of pyridine rings is 1. The molecule has 0 aliphatic rings. The molecule has 1 amide bonds. The summed E-state index contributed by atoms with van der Waals surface area (Å²) < 4.78 is 5.57.